The van der Waals surface area contributed by atoms with E-state index in [1.165, 1.54) is 18.2 Å². The second-order valence-electron chi connectivity index (χ2n) is 7.89. The van der Waals surface area contributed by atoms with E-state index in [9.17, 15) is 8.78 Å². The van der Waals surface area contributed by atoms with Crippen LogP contribution in [0.5, 0.6) is 5.75 Å². The van der Waals surface area contributed by atoms with Crippen LogP contribution in [0.2, 0.25) is 0 Å². The molecule has 154 valence electrons. The number of rotatable bonds is 4. The highest BCUT2D eigenvalue weighted by Crippen LogP contribution is 2.45. The van der Waals surface area contributed by atoms with Crippen molar-refractivity contribution in [3.8, 4) is 5.75 Å². The predicted molar refractivity (Wildman–Crippen MR) is 112 cm³/mol. The van der Waals surface area contributed by atoms with E-state index < -0.39 is 0 Å². The van der Waals surface area contributed by atoms with Gasteiger partial charge in [-0.25, -0.2) is 19.6 Å². The van der Waals surface area contributed by atoms with Gasteiger partial charge in [-0.1, -0.05) is 24.3 Å². The average Bonchev–Trinajstić information content (AvgIpc) is 3.18. The third kappa shape index (κ3) is 3.42. The van der Waals surface area contributed by atoms with Crippen LogP contribution >= 0.6 is 0 Å². The third-order valence-corrected chi connectivity index (χ3v) is 6.08. The number of nitrogens with one attached hydrogen (secondary N) is 2. The molecule has 1 saturated heterocycles. The molecule has 2 heterocycles. The van der Waals surface area contributed by atoms with Crippen LogP contribution in [-0.2, 0) is 6.54 Å². The maximum absolute atomic E-state index is 14.1. The molecule has 0 radical (unpaired) electrons. The van der Waals surface area contributed by atoms with Crippen LogP contribution in [0.15, 0.2) is 66.7 Å². The van der Waals surface area contributed by atoms with Crippen LogP contribution in [0.25, 0.3) is 0 Å². The number of fused-ring (bicyclic) bond motifs is 3. The summed E-state index contributed by atoms with van der Waals surface area (Å²) in [6.45, 7) is 1.47. The smallest absolute Gasteiger partial charge is 0.123 e. The molecule has 0 aromatic heterocycles. The summed E-state index contributed by atoms with van der Waals surface area (Å²) < 4.78 is 32.9. The predicted octanol–water partition coefficient (Wildman–Crippen LogP) is 4.50. The molecule has 30 heavy (non-hydrogen) atoms. The van der Waals surface area contributed by atoms with Gasteiger partial charge in [0.1, 0.15) is 17.4 Å². The van der Waals surface area contributed by atoms with Crippen LogP contribution in [0.3, 0.4) is 0 Å². The lowest BCUT2D eigenvalue weighted by Crippen LogP contribution is -2.39. The number of methoxy groups -OCH3 is 1. The minimum atomic E-state index is -0.253. The summed E-state index contributed by atoms with van der Waals surface area (Å²) >= 11 is 0. The molecule has 2 aliphatic rings. The second kappa shape index (κ2) is 7.70. The van der Waals surface area contributed by atoms with Crippen molar-refractivity contribution in [2.24, 2.45) is 5.92 Å². The van der Waals surface area contributed by atoms with Gasteiger partial charge in [0.15, 0.2) is 0 Å². The van der Waals surface area contributed by atoms with Crippen molar-refractivity contribution in [2.45, 2.75) is 18.6 Å². The molecular weight excluding hydrogens is 384 g/mol. The van der Waals surface area contributed by atoms with Gasteiger partial charge in [0.2, 0.25) is 0 Å². The fourth-order valence-corrected chi connectivity index (χ4v) is 4.66. The maximum atomic E-state index is 14.1. The van der Waals surface area contributed by atoms with E-state index in [1.54, 1.807) is 13.2 Å². The van der Waals surface area contributed by atoms with Crippen LogP contribution < -0.4 is 20.5 Å². The number of hydrogen-bond donors (Lipinski definition) is 2. The Kier molecular flexibility index (Phi) is 4.89. The highest BCUT2D eigenvalue weighted by molar-refractivity contribution is 5.59. The third-order valence-electron chi connectivity index (χ3n) is 6.08. The molecule has 4 nitrogen and oxygen atoms in total. The SMILES string of the molecule is COc1cccc(CN2CC3C(c4ccc(F)cc4)NNC3c3cc(F)ccc32)c1. The summed E-state index contributed by atoms with van der Waals surface area (Å²) in [4.78, 5) is 2.29. The van der Waals surface area contributed by atoms with Crippen molar-refractivity contribution in [1.29, 1.82) is 0 Å². The summed E-state index contributed by atoms with van der Waals surface area (Å²) in [6.07, 6.45) is 0. The summed E-state index contributed by atoms with van der Waals surface area (Å²) in [5, 5.41) is 0. The van der Waals surface area contributed by atoms with E-state index in [2.05, 4.69) is 21.8 Å². The zero-order valence-corrected chi connectivity index (χ0v) is 16.6. The average molecular weight is 407 g/mol. The normalized spacial score (nSPS) is 22.5. The first kappa shape index (κ1) is 19.0. The summed E-state index contributed by atoms with van der Waals surface area (Å²) in [5.41, 5.74) is 10.8. The molecule has 0 spiro atoms. The Labute approximate surface area is 174 Å². The molecular formula is C24H23F2N3O. The first-order chi connectivity index (χ1) is 14.6. The van der Waals surface area contributed by atoms with E-state index in [-0.39, 0.29) is 29.6 Å². The zero-order valence-electron chi connectivity index (χ0n) is 16.6. The van der Waals surface area contributed by atoms with Gasteiger partial charge in [-0.05, 0) is 59.2 Å². The van der Waals surface area contributed by atoms with Crippen LogP contribution in [0.1, 0.15) is 28.8 Å². The highest BCUT2D eigenvalue weighted by Gasteiger charge is 2.43. The Morgan fingerprint density at radius 3 is 2.50 bits per heavy atom. The van der Waals surface area contributed by atoms with Gasteiger partial charge in [0.05, 0.1) is 19.2 Å². The first-order valence-corrected chi connectivity index (χ1v) is 10.1. The molecule has 6 heteroatoms. The number of nitrogens with zero attached hydrogens (tertiary/aromatic N) is 1. The van der Waals surface area contributed by atoms with Gasteiger partial charge in [0, 0.05) is 24.7 Å². The number of hydrazine groups is 1. The van der Waals surface area contributed by atoms with Crippen LogP contribution in [0, 0.1) is 17.6 Å². The topological polar surface area (TPSA) is 36.5 Å². The van der Waals surface area contributed by atoms with E-state index >= 15 is 0 Å². The molecule has 0 aliphatic carbocycles. The Hall–Kier alpha value is -2.96. The quantitative estimate of drug-likeness (QED) is 0.668. The molecule has 0 amide bonds. The minimum absolute atomic E-state index is 0.000160. The molecule has 2 N–H and O–H groups in total. The van der Waals surface area contributed by atoms with Crippen molar-refractivity contribution >= 4 is 5.69 Å². The zero-order chi connectivity index (χ0) is 20.7. The fourth-order valence-electron chi connectivity index (χ4n) is 4.66. The monoisotopic (exact) mass is 407 g/mol. The number of anilines is 1. The number of ether oxygens (including phenoxy) is 1. The van der Waals surface area contributed by atoms with Gasteiger partial charge in [0.25, 0.3) is 0 Å². The molecule has 0 bridgehead atoms. The van der Waals surface area contributed by atoms with Gasteiger partial charge in [-0.15, -0.1) is 0 Å². The second-order valence-corrected chi connectivity index (χ2v) is 7.89. The highest BCUT2D eigenvalue weighted by atomic mass is 19.1. The summed E-state index contributed by atoms with van der Waals surface area (Å²) in [6, 6.07) is 19.5. The fraction of sp³-hybridized carbons (Fsp3) is 0.250. The van der Waals surface area contributed by atoms with Gasteiger partial charge >= 0.3 is 0 Å². The van der Waals surface area contributed by atoms with Crippen LogP contribution in [0.4, 0.5) is 14.5 Å². The molecule has 5 rings (SSSR count). The van der Waals surface area contributed by atoms with Gasteiger partial charge < -0.3 is 9.64 Å². The van der Waals surface area contributed by atoms with Crippen LogP contribution in [-0.4, -0.2) is 13.7 Å². The van der Waals surface area contributed by atoms with E-state index in [0.717, 1.165) is 34.7 Å². The van der Waals surface area contributed by atoms with Crippen molar-refractivity contribution in [1.82, 2.24) is 10.9 Å². The lowest BCUT2D eigenvalue weighted by molar-refractivity contribution is 0.399. The lowest BCUT2D eigenvalue weighted by Gasteiger charge is -2.39. The summed E-state index contributed by atoms with van der Waals surface area (Å²) in [5.74, 6) is 0.477. The van der Waals surface area contributed by atoms with Crippen molar-refractivity contribution in [3.05, 3.63) is 95.1 Å². The Morgan fingerprint density at radius 1 is 0.933 bits per heavy atom. The molecule has 3 aromatic rings. The largest absolute Gasteiger partial charge is 0.497 e. The van der Waals surface area contributed by atoms with Crippen molar-refractivity contribution in [3.63, 3.8) is 0 Å². The van der Waals surface area contributed by atoms with Gasteiger partial charge in [-0.3, -0.25) is 0 Å². The molecule has 2 aliphatic heterocycles. The molecule has 0 saturated carbocycles. The minimum Gasteiger partial charge on any atom is -0.497 e. The Balaban J connectivity index is 1.50. The Bertz CT molecular complexity index is 1060. The number of benzene rings is 3. The van der Waals surface area contributed by atoms with E-state index in [0.29, 0.717) is 6.54 Å². The maximum Gasteiger partial charge on any atom is 0.123 e. The van der Waals surface area contributed by atoms with E-state index in [4.69, 9.17) is 4.74 Å². The first-order valence-electron chi connectivity index (χ1n) is 10.1. The van der Waals surface area contributed by atoms with Gasteiger partial charge in [-0.2, -0.15) is 0 Å². The lowest BCUT2D eigenvalue weighted by atomic mass is 9.82. The van der Waals surface area contributed by atoms with E-state index in [1.807, 2.05) is 36.4 Å². The summed E-state index contributed by atoms with van der Waals surface area (Å²) in [7, 11) is 1.66. The molecule has 3 aromatic carbocycles. The van der Waals surface area contributed by atoms with Crippen molar-refractivity contribution in [2.75, 3.05) is 18.6 Å². The molecule has 3 unspecified atom stereocenters. The number of halogens is 2. The molecule has 3 atom stereocenters. The standard InChI is InChI=1S/C24H23F2N3O/c1-30-19-4-2-3-15(11-19)13-29-14-21-23(16-5-7-17(25)8-6-16)27-28-24(21)20-12-18(26)9-10-22(20)29/h2-12,21,23-24,27-28H,13-14H2,1H3. The number of hydrogen-bond acceptors (Lipinski definition) is 4. The van der Waals surface area contributed by atoms with Crippen molar-refractivity contribution < 1.29 is 13.5 Å². The molecule has 1 fully saturated rings. The Morgan fingerprint density at radius 2 is 1.70 bits per heavy atom.